The molecule has 0 fully saturated rings. The smallest absolute Gasteiger partial charge is 0.134 e. The number of nitrogens with one attached hydrogen (secondary N) is 2. The molecule has 104 valence electrons. The zero-order valence-electron chi connectivity index (χ0n) is 12.3. The second-order valence-corrected chi connectivity index (χ2v) is 5.66. The van der Waals surface area contributed by atoms with E-state index in [9.17, 15) is 0 Å². The molecule has 0 bridgehead atoms. The van der Waals surface area contributed by atoms with E-state index in [0.717, 1.165) is 24.4 Å². The lowest BCUT2D eigenvalue weighted by Gasteiger charge is -2.07. The van der Waals surface area contributed by atoms with Crippen molar-refractivity contribution in [1.29, 1.82) is 0 Å². The van der Waals surface area contributed by atoms with Gasteiger partial charge in [0.1, 0.15) is 11.3 Å². The van der Waals surface area contributed by atoms with Gasteiger partial charge in [0.2, 0.25) is 0 Å². The highest BCUT2D eigenvalue weighted by atomic mass is 16.3. The highest BCUT2D eigenvalue weighted by Gasteiger charge is 2.05. The third-order valence-corrected chi connectivity index (χ3v) is 3.03. The molecule has 3 heteroatoms. The molecule has 0 aliphatic rings. The van der Waals surface area contributed by atoms with Gasteiger partial charge < -0.3 is 15.1 Å². The summed E-state index contributed by atoms with van der Waals surface area (Å²) in [6.45, 7) is 10.3. The number of hydrogen-bond acceptors (Lipinski definition) is 3. The molecule has 0 spiro atoms. The molecule has 0 saturated carbocycles. The molecule has 1 heterocycles. The Bertz CT molecular complexity index is 519. The van der Waals surface area contributed by atoms with Crippen molar-refractivity contribution in [2.75, 3.05) is 0 Å². The van der Waals surface area contributed by atoms with Crippen molar-refractivity contribution in [1.82, 2.24) is 10.6 Å². The van der Waals surface area contributed by atoms with Crippen LogP contribution < -0.4 is 10.6 Å². The Hall–Kier alpha value is -1.32. The van der Waals surface area contributed by atoms with Gasteiger partial charge in [-0.3, -0.25) is 0 Å². The van der Waals surface area contributed by atoms with Crippen molar-refractivity contribution in [3.63, 3.8) is 0 Å². The Balaban J connectivity index is 2.09. The lowest BCUT2D eigenvalue weighted by atomic mass is 10.1. The Morgan fingerprint density at radius 1 is 0.947 bits per heavy atom. The number of furan rings is 1. The molecule has 0 atom stereocenters. The fourth-order valence-corrected chi connectivity index (χ4v) is 1.97. The lowest BCUT2D eigenvalue weighted by molar-refractivity contribution is 0.488. The second kappa shape index (κ2) is 6.22. The van der Waals surface area contributed by atoms with Gasteiger partial charge in [-0.15, -0.1) is 0 Å². The van der Waals surface area contributed by atoms with Crippen LogP contribution in [0.4, 0.5) is 0 Å². The molecule has 2 rings (SSSR count). The van der Waals surface area contributed by atoms with Gasteiger partial charge in [0.15, 0.2) is 0 Å². The quantitative estimate of drug-likeness (QED) is 0.835. The molecular formula is C16H24N2O. The van der Waals surface area contributed by atoms with Gasteiger partial charge in [-0.1, -0.05) is 33.8 Å². The van der Waals surface area contributed by atoms with Crippen LogP contribution in [0.15, 0.2) is 28.7 Å². The van der Waals surface area contributed by atoms with E-state index in [2.05, 4.69) is 62.6 Å². The first kappa shape index (κ1) is 14.1. The van der Waals surface area contributed by atoms with E-state index in [4.69, 9.17) is 4.42 Å². The molecule has 0 aliphatic heterocycles. The molecule has 2 aromatic rings. The molecule has 2 N–H and O–H groups in total. The zero-order chi connectivity index (χ0) is 13.8. The second-order valence-electron chi connectivity index (χ2n) is 5.66. The molecule has 0 aliphatic carbocycles. The maximum Gasteiger partial charge on any atom is 0.134 e. The minimum atomic E-state index is 0.471. The van der Waals surface area contributed by atoms with E-state index < -0.39 is 0 Å². The third-order valence-electron chi connectivity index (χ3n) is 3.03. The molecule has 0 amide bonds. The van der Waals surface area contributed by atoms with Gasteiger partial charge in [-0.05, 0) is 23.8 Å². The molecule has 1 aromatic heterocycles. The first-order valence-electron chi connectivity index (χ1n) is 7.02. The average molecular weight is 260 g/mol. The predicted octanol–water partition coefficient (Wildman–Crippen LogP) is 3.43. The Morgan fingerprint density at radius 3 is 2.32 bits per heavy atom. The molecule has 1 aromatic carbocycles. The van der Waals surface area contributed by atoms with Crippen LogP contribution in [0.2, 0.25) is 0 Å². The fraction of sp³-hybridized carbons (Fsp3) is 0.500. The number of rotatable bonds is 6. The first-order valence-corrected chi connectivity index (χ1v) is 7.02. The SMILES string of the molecule is CC(C)NCc1ccc2oc(CNC(C)C)cc2c1. The normalized spacial score (nSPS) is 11.9. The van der Waals surface area contributed by atoms with Crippen LogP contribution in [0.1, 0.15) is 39.0 Å². The number of fused-ring (bicyclic) bond motifs is 1. The highest BCUT2D eigenvalue weighted by molar-refractivity contribution is 5.78. The van der Waals surface area contributed by atoms with Crippen molar-refractivity contribution in [2.24, 2.45) is 0 Å². The maximum atomic E-state index is 5.82. The average Bonchev–Trinajstić information content (AvgIpc) is 2.75. The lowest BCUT2D eigenvalue weighted by Crippen LogP contribution is -2.21. The summed E-state index contributed by atoms with van der Waals surface area (Å²) in [4.78, 5) is 0. The standard InChI is InChI=1S/C16H24N2O/c1-11(2)17-9-13-5-6-16-14(7-13)8-15(19-16)10-18-12(3)4/h5-8,11-12,17-18H,9-10H2,1-4H3. The van der Waals surface area contributed by atoms with Crippen LogP contribution >= 0.6 is 0 Å². The molecule has 0 saturated heterocycles. The highest BCUT2D eigenvalue weighted by Crippen LogP contribution is 2.21. The van der Waals surface area contributed by atoms with E-state index >= 15 is 0 Å². The molecule has 19 heavy (non-hydrogen) atoms. The zero-order valence-corrected chi connectivity index (χ0v) is 12.3. The summed E-state index contributed by atoms with van der Waals surface area (Å²) in [5.74, 6) is 0.998. The van der Waals surface area contributed by atoms with Crippen molar-refractivity contribution >= 4 is 11.0 Å². The van der Waals surface area contributed by atoms with Crippen molar-refractivity contribution in [2.45, 2.75) is 52.9 Å². The molecular weight excluding hydrogens is 236 g/mol. The first-order chi connectivity index (χ1) is 9.04. The van der Waals surface area contributed by atoms with Crippen LogP contribution in [0.25, 0.3) is 11.0 Å². The Morgan fingerprint density at radius 2 is 1.63 bits per heavy atom. The molecule has 3 nitrogen and oxygen atoms in total. The van der Waals surface area contributed by atoms with Crippen LogP contribution in [-0.2, 0) is 13.1 Å². The van der Waals surface area contributed by atoms with E-state index in [-0.39, 0.29) is 0 Å². The fourth-order valence-electron chi connectivity index (χ4n) is 1.97. The number of hydrogen-bond donors (Lipinski definition) is 2. The Kier molecular flexibility index (Phi) is 4.61. The van der Waals surface area contributed by atoms with E-state index in [1.54, 1.807) is 0 Å². The summed E-state index contributed by atoms with van der Waals surface area (Å²) in [6.07, 6.45) is 0. The van der Waals surface area contributed by atoms with Crippen LogP contribution in [0.5, 0.6) is 0 Å². The van der Waals surface area contributed by atoms with Crippen molar-refractivity contribution in [3.05, 3.63) is 35.6 Å². The van der Waals surface area contributed by atoms with Gasteiger partial charge >= 0.3 is 0 Å². The maximum absolute atomic E-state index is 5.82. The minimum absolute atomic E-state index is 0.471. The van der Waals surface area contributed by atoms with Crippen LogP contribution in [-0.4, -0.2) is 12.1 Å². The summed E-state index contributed by atoms with van der Waals surface area (Å²) in [5.41, 5.74) is 2.26. The summed E-state index contributed by atoms with van der Waals surface area (Å²) in [7, 11) is 0. The third kappa shape index (κ3) is 4.08. The minimum Gasteiger partial charge on any atom is -0.460 e. The topological polar surface area (TPSA) is 37.2 Å². The van der Waals surface area contributed by atoms with Gasteiger partial charge in [0.05, 0.1) is 6.54 Å². The van der Waals surface area contributed by atoms with E-state index in [0.29, 0.717) is 12.1 Å². The van der Waals surface area contributed by atoms with E-state index in [1.807, 2.05) is 0 Å². The van der Waals surface area contributed by atoms with Crippen LogP contribution in [0.3, 0.4) is 0 Å². The van der Waals surface area contributed by atoms with Gasteiger partial charge in [0.25, 0.3) is 0 Å². The van der Waals surface area contributed by atoms with Crippen molar-refractivity contribution in [3.8, 4) is 0 Å². The van der Waals surface area contributed by atoms with Crippen LogP contribution in [0, 0.1) is 0 Å². The monoisotopic (exact) mass is 260 g/mol. The summed E-state index contributed by atoms with van der Waals surface area (Å²) in [5, 5.41) is 7.99. The molecule has 0 radical (unpaired) electrons. The van der Waals surface area contributed by atoms with E-state index in [1.165, 1.54) is 10.9 Å². The predicted molar refractivity (Wildman–Crippen MR) is 80.2 cm³/mol. The summed E-state index contributed by atoms with van der Waals surface area (Å²) < 4.78 is 5.82. The van der Waals surface area contributed by atoms with Gasteiger partial charge in [-0.2, -0.15) is 0 Å². The number of benzene rings is 1. The Labute approximate surface area is 115 Å². The van der Waals surface area contributed by atoms with Crippen molar-refractivity contribution < 1.29 is 4.42 Å². The van der Waals surface area contributed by atoms with Gasteiger partial charge in [0, 0.05) is 24.0 Å². The van der Waals surface area contributed by atoms with Gasteiger partial charge in [-0.25, -0.2) is 0 Å². The summed E-state index contributed by atoms with van der Waals surface area (Å²) >= 11 is 0. The largest absolute Gasteiger partial charge is 0.460 e. The molecule has 0 unspecified atom stereocenters. The summed E-state index contributed by atoms with van der Waals surface area (Å²) in [6, 6.07) is 9.49.